The van der Waals surface area contributed by atoms with Gasteiger partial charge in [-0.2, -0.15) is 0 Å². The molecule has 1 aromatic rings. The van der Waals surface area contributed by atoms with E-state index in [0.29, 0.717) is 0 Å². The van der Waals surface area contributed by atoms with Gasteiger partial charge in [-0.25, -0.2) is 4.39 Å². The summed E-state index contributed by atoms with van der Waals surface area (Å²) < 4.78 is 14.0. The first-order valence-electron chi connectivity index (χ1n) is 6.12. The second-order valence-electron chi connectivity index (χ2n) is 4.80. The van der Waals surface area contributed by atoms with Gasteiger partial charge in [-0.15, -0.1) is 0 Å². The van der Waals surface area contributed by atoms with E-state index in [-0.39, 0.29) is 5.56 Å². The van der Waals surface area contributed by atoms with E-state index >= 15 is 0 Å². The molecule has 0 saturated heterocycles. The number of carbonyl (C=O) groups is 2. The first-order chi connectivity index (χ1) is 9.65. The third kappa shape index (κ3) is 3.74. The summed E-state index contributed by atoms with van der Waals surface area (Å²) in [5, 5.41) is 19.6. The van der Waals surface area contributed by atoms with Crippen molar-refractivity contribution in [2.24, 2.45) is 0 Å². The summed E-state index contributed by atoms with van der Waals surface area (Å²) >= 11 is 0. The molecule has 0 fully saturated rings. The van der Waals surface area contributed by atoms with Crippen LogP contribution in [0.25, 0.3) is 0 Å². The predicted molar refractivity (Wildman–Crippen MR) is 71.6 cm³/mol. The molecule has 0 saturated carbocycles. The quantitative estimate of drug-likeness (QED) is 0.661. The number of benzene rings is 1. The first kappa shape index (κ1) is 16.5. The van der Waals surface area contributed by atoms with E-state index in [0.717, 1.165) is 17.0 Å². The van der Waals surface area contributed by atoms with Crippen LogP contribution in [0.5, 0.6) is 0 Å². The molecular weight excluding hydrogens is 283 g/mol. The number of hydrogen-bond donors (Lipinski definition) is 1. The normalized spacial score (nSPS) is 10.5. The SMILES string of the molecule is Cc1cc([N+](=O)[O-])cc(C(=O)N(CC(=O)O)C(C)C)c1F. The van der Waals surface area contributed by atoms with Gasteiger partial charge < -0.3 is 10.0 Å². The van der Waals surface area contributed by atoms with Crippen molar-refractivity contribution in [3.8, 4) is 0 Å². The zero-order chi connectivity index (χ0) is 16.3. The molecule has 114 valence electrons. The fraction of sp³-hybridized carbons (Fsp3) is 0.385. The molecular formula is C13H15FN2O5. The molecule has 1 rings (SSSR count). The van der Waals surface area contributed by atoms with Gasteiger partial charge in [0.05, 0.1) is 10.5 Å². The molecule has 0 bridgehead atoms. The van der Waals surface area contributed by atoms with Crippen LogP contribution in [0.1, 0.15) is 29.8 Å². The third-order valence-electron chi connectivity index (χ3n) is 2.87. The van der Waals surface area contributed by atoms with Gasteiger partial charge in [0.15, 0.2) is 0 Å². The Hall–Kier alpha value is -2.51. The standard InChI is InChI=1S/C13H15FN2O5/c1-7(2)15(6-11(17)18)13(19)10-5-9(16(20)21)4-8(3)12(10)14/h4-5,7H,6H2,1-3H3,(H,17,18). The van der Waals surface area contributed by atoms with Crippen molar-refractivity contribution in [1.82, 2.24) is 4.90 Å². The van der Waals surface area contributed by atoms with Crippen LogP contribution in [-0.2, 0) is 4.79 Å². The zero-order valence-electron chi connectivity index (χ0n) is 11.8. The van der Waals surface area contributed by atoms with Gasteiger partial charge in [0.1, 0.15) is 12.4 Å². The van der Waals surface area contributed by atoms with E-state index in [1.807, 2.05) is 0 Å². The van der Waals surface area contributed by atoms with Crippen LogP contribution in [-0.4, -0.2) is 39.4 Å². The lowest BCUT2D eigenvalue weighted by atomic mass is 10.1. The summed E-state index contributed by atoms with van der Waals surface area (Å²) in [4.78, 5) is 34.0. The minimum absolute atomic E-state index is 0.0495. The van der Waals surface area contributed by atoms with E-state index in [4.69, 9.17) is 5.11 Å². The number of amides is 1. The molecule has 0 unspecified atom stereocenters. The van der Waals surface area contributed by atoms with Crippen molar-refractivity contribution < 1.29 is 24.0 Å². The van der Waals surface area contributed by atoms with Gasteiger partial charge in [-0.3, -0.25) is 19.7 Å². The molecule has 21 heavy (non-hydrogen) atoms. The fourth-order valence-electron chi connectivity index (χ4n) is 1.80. The average molecular weight is 298 g/mol. The summed E-state index contributed by atoms with van der Waals surface area (Å²) in [6, 6.07) is 1.35. The lowest BCUT2D eigenvalue weighted by Gasteiger charge is -2.25. The minimum Gasteiger partial charge on any atom is -0.480 e. The van der Waals surface area contributed by atoms with Crippen molar-refractivity contribution in [1.29, 1.82) is 0 Å². The fourth-order valence-corrected chi connectivity index (χ4v) is 1.80. The van der Waals surface area contributed by atoms with Gasteiger partial charge in [0.25, 0.3) is 11.6 Å². The molecule has 1 N–H and O–H groups in total. The summed E-state index contributed by atoms with van der Waals surface area (Å²) in [7, 11) is 0. The largest absolute Gasteiger partial charge is 0.480 e. The van der Waals surface area contributed by atoms with Crippen LogP contribution < -0.4 is 0 Å². The first-order valence-corrected chi connectivity index (χ1v) is 6.12. The molecule has 0 radical (unpaired) electrons. The topological polar surface area (TPSA) is 101 Å². The number of carboxylic acids is 1. The summed E-state index contributed by atoms with van der Waals surface area (Å²) in [5.41, 5.74) is -0.973. The average Bonchev–Trinajstić information content (AvgIpc) is 2.37. The van der Waals surface area contributed by atoms with Crippen LogP contribution >= 0.6 is 0 Å². The Morgan fingerprint density at radius 3 is 2.43 bits per heavy atom. The summed E-state index contributed by atoms with van der Waals surface area (Å²) in [6.45, 7) is 3.83. The number of hydrogen-bond acceptors (Lipinski definition) is 4. The smallest absolute Gasteiger partial charge is 0.323 e. The highest BCUT2D eigenvalue weighted by Gasteiger charge is 2.26. The van der Waals surface area contributed by atoms with Crippen molar-refractivity contribution in [2.75, 3.05) is 6.54 Å². The number of carboxylic acid groups (broad SMARTS) is 1. The van der Waals surface area contributed by atoms with Gasteiger partial charge in [-0.1, -0.05) is 0 Å². The zero-order valence-corrected chi connectivity index (χ0v) is 11.8. The molecule has 0 atom stereocenters. The second-order valence-corrected chi connectivity index (χ2v) is 4.80. The van der Waals surface area contributed by atoms with Crippen LogP contribution in [0.3, 0.4) is 0 Å². The number of nitrogens with zero attached hydrogens (tertiary/aromatic N) is 2. The molecule has 0 heterocycles. The van der Waals surface area contributed by atoms with E-state index in [1.165, 1.54) is 6.92 Å². The van der Waals surface area contributed by atoms with E-state index < -0.39 is 46.5 Å². The molecule has 0 aliphatic carbocycles. The Kier molecular flexibility index (Phi) is 4.96. The Morgan fingerprint density at radius 2 is 2.00 bits per heavy atom. The summed E-state index contributed by atoms with van der Waals surface area (Å²) in [5.74, 6) is -3.03. The molecule has 1 amide bonds. The number of carbonyl (C=O) groups excluding carboxylic acids is 1. The number of nitro groups is 1. The monoisotopic (exact) mass is 298 g/mol. The lowest BCUT2D eigenvalue weighted by molar-refractivity contribution is -0.385. The highest BCUT2D eigenvalue weighted by atomic mass is 19.1. The maximum absolute atomic E-state index is 14.0. The van der Waals surface area contributed by atoms with Crippen molar-refractivity contribution in [2.45, 2.75) is 26.8 Å². The molecule has 1 aromatic carbocycles. The van der Waals surface area contributed by atoms with E-state index in [1.54, 1.807) is 13.8 Å². The molecule has 0 aliphatic heterocycles. The lowest BCUT2D eigenvalue weighted by Crippen LogP contribution is -2.41. The van der Waals surface area contributed by atoms with Gasteiger partial charge in [0.2, 0.25) is 0 Å². The van der Waals surface area contributed by atoms with Crippen LogP contribution in [0.15, 0.2) is 12.1 Å². The number of halogens is 1. The predicted octanol–water partition coefficient (Wildman–Crippen LogP) is 1.98. The maximum atomic E-state index is 14.0. The van der Waals surface area contributed by atoms with E-state index in [2.05, 4.69) is 0 Å². The molecule has 7 nitrogen and oxygen atoms in total. The third-order valence-corrected chi connectivity index (χ3v) is 2.87. The van der Waals surface area contributed by atoms with Crippen molar-refractivity contribution >= 4 is 17.6 Å². The molecule has 8 heteroatoms. The Labute approximate surface area is 120 Å². The van der Waals surface area contributed by atoms with Gasteiger partial charge in [0, 0.05) is 18.2 Å². The Morgan fingerprint density at radius 1 is 1.43 bits per heavy atom. The van der Waals surface area contributed by atoms with Crippen LogP contribution in [0.4, 0.5) is 10.1 Å². The number of rotatable bonds is 5. The van der Waals surface area contributed by atoms with Crippen molar-refractivity contribution in [3.63, 3.8) is 0 Å². The highest BCUT2D eigenvalue weighted by molar-refractivity contribution is 5.97. The molecule has 0 aliphatic rings. The molecule has 0 aromatic heterocycles. The van der Waals surface area contributed by atoms with Crippen LogP contribution in [0, 0.1) is 22.9 Å². The number of aryl methyl sites for hydroxylation is 1. The Bertz CT molecular complexity index is 600. The minimum atomic E-state index is -1.25. The van der Waals surface area contributed by atoms with Gasteiger partial charge in [-0.05, 0) is 26.3 Å². The van der Waals surface area contributed by atoms with E-state index in [9.17, 15) is 24.1 Å². The molecule has 0 spiro atoms. The highest BCUT2D eigenvalue weighted by Crippen LogP contribution is 2.23. The number of non-ortho nitro benzene ring substituents is 1. The van der Waals surface area contributed by atoms with Gasteiger partial charge >= 0.3 is 5.97 Å². The summed E-state index contributed by atoms with van der Waals surface area (Å²) in [6.07, 6.45) is 0. The maximum Gasteiger partial charge on any atom is 0.323 e. The second kappa shape index (κ2) is 6.29. The number of aliphatic carboxylic acids is 1. The van der Waals surface area contributed by atoms with Crippen molar-refractivity contribution in [3.05, 3.63) is 39.2 Å². The van der Waals surface area contributed by atoms with Crippen LogP contribution in [0.2, 0.25) is 0 Å². The number of nitro benzene ring substituents is 1. The Balaban J connectivity index is 3.33.